The van der Waals surface area contributed by atoms with E-state index < -0.39 is 0 Å². The number of unbranched alkanes of at least 4 members (excludes halogenated alkanes) is 1. The van der Waals surface area contributed by atoms with Gasteiger partial charge in [-0.05, 0) is 67.6 Å². The lowest BCUT2D eigenvalue weighted by Crippen LogP contribution is -2.25. The van der Waals surface area contributed by atoms with Crippen molar-refractivity contribution in [3.05, 3.63) is 33.3 Å². The Morgan fingerprint density at radius 1 is 1.39 bits per heavy atom. The van der Waals surface area contributed by atoms with Crippen LogP contribution in [0.2, 0.25) is 5.02 Å². The van der Waals surface area contributed by atoms with Crippen LogP contribution in [0.5, 0.6) is 0 Å². The van der Waals surface area contributed by atoms with E-state index in [1.807, 2.05) is 14.1 Å². The first-order valence-corrected chi connectivity index (χ1v) is 7.06. The molecule has 0 saturated heterocycles. The van der Waals surface area contributed by atoms with E-state index in [2.05, 4.69) is 26.1 Å². The van der Waals surface area contributed by atoms with Gasteiger partial charge in [-0.15, -0.1) is 0 Å². The van der Waals surface area contributed by atoms with Crippen LogP contribution in [0.25, 0.3) is 0 Å². The summed E-state index contributed by atoms with van der Waals surface area (Å²) < 4.78 is 0.762. The predicted octanol–water partition coefficient (Wildman–Crippen LogP) is 3.17. The molecule has 5 heteroatoms. The molecule has 0 unspecified atom stereocenters. The van der Waals surface area contributed by atoms with Crippen LogP contribution in [0.15, 0.2) is 22.7 Å². The minimum Gasteiger partial charge on any atom is -0.352 e. The van der Waals surface area contributed by atoms with Crippen LogP contribution in [0.4, 0.5) is 0 Å². The van der Waals surface area contributed by atoms with E-state index in [1.165, 1.54) is 0 Å². The van der Waals surface area contributed by atoms with E-state index in [9.17, 15) is 4.79 Å². The second kappa shape index (κ2) is 7.77. The van der Waals surface area contributed by atoms with Crippen molar-refractivity contribution in [2.75, 3.05) is 27.2 Å². The minimum atomic E-state index is -0.0887. The summed E-state index contributed by atoms with van der Waals surface area (Å²) in [6.07, 6.45) is 2.05. The van der Waals surface area contributed by atoms with E-state index in [4.69, 9.17) is 11.6 Å². The zero-order valence-corrected chi connectivity index (χ0v) is 13.0. The molecule has 0 radical (unpaired) electrons. The summed E-state index contributed by atoms with van der Waals surface area (Å²) in [6, 6.07) is 5.20. The fourth-order valence-corrected chi connectivity index (χ4v) is 2.12. The maximum absolute atomic E-state index is 11.9. The Morgan fingerprint density at radius 2 is 2.11 bits per heavy atom. The van der Waals surface area contributed by atoms with Crippen molar-refractivity contribution < 1.29 is 4.79 Å². The quantitative estimate of drug-likeness (QED) is 0.811. The molecule has 0 fully saturated rings. The van der Waals surface area contributed by atoms with Gasteiger partial charge in [-0.1, -0.05) is 11.6 Å². The molecule has 0 bridgehead atoms. The van der Waals surface area contributed by atoms with E-state index in [-0.39, 0.29) is 5.91 Å². The van der Waals surface area contributed by atoms with Gasteiger partial charge in [-0.3, -0.25) is 4.79 Å². The molecule has 100 valence electrons. The van der Waals surface area contributed by atoms with Crippen molar-refractivity contribution in [1.82, 2.24) is 10.2 Å². The predicted molar refractivity (Wildman–Crippen MR) is 79.3 cm³/mol. The van der Waals surface area contributed by atoms with Crippen LogP contribution in [-0.4, -0.2) is 38.0 Å². The van der Waals surface area contributed by atoms with Crippen molar-refractivity contribution in [2.45, 2.75) is 12.8 Å². The van der Waals surface area contributed by atoms with E-state index in [0.29, 0.717) is 17.1 Å². The summed E-state index contributed by atoms with van der Waals surface area (Å²) in [6.45, 7) is 1.72. The van der Waals surface area contributed by atoms with E-state index in [1.54, 1.807) is 18.2 Å². The first-order chi connectivity index (χ1) is 8.50. The van der Waals surface area contributed by atoms with Crippen LogP contribution in [-0.2, 0) is 0 Å². The monoisotopic (exact) mass is 332 g/mol. The van der Waals surface area contributed by atoms with Gasteiger partial charge in [-0.2, -0.15) is 0 Å². The summed E-state index contributed by atoms with van der Waals surface area (Å²) in [4.78, 5) is 14.0. The number of rotatable bonds is 6. The van der Waals surface area contributed by atoms with Crippen molar-refractivity contribution in [2.24, 2.45) is 0 Å². The molecule has 0 saturated carbocycles. The van der Waals surface area contributed by atoms with Gasteiger partial charge in [-0.25, -0.2) is 0 Å². The lowest BCUT2D eigenvalue weighted by Gasteiger charge is -2.10. The summed E-state index contributed by atoms with van der Waals surface area (Å²) in [5.41, 5.74) is 0.579. The van der Waals surface area contributed by atoms with Crippen molar-refractivity contribution in [3.63, 3.8) is 0 Å². The van der Waals surface area contributed by atoms with Gasteiger partial charge < -0.3 is 10.2 Å². The molecular formula is C13H18BrClN2O. The highest BCUT2D eigenvalue weighted by atomic mass is 79.9. The number of carbonyl (C=O) groups excluding carboxylic acids is 1. The second-order valence-corrected chi connectivity index (χ2v) is 5.68. The summed E-state index contributed by atoms with van der Waals surface area (Å²) in [5.74, 6) is -0.0887. The maximum Gasteiger partial charge on any atom is 0.252 e. The number of nitrogens with one attached hydrogen (secondary N) is 1. The molecule has 0 spiro atoms. The van der Waals surface area contributed by atoms with Gasteiger partial charge in [0.15, 0.2) is 0 Å². The topological polar surface area (TPSA) is 32.3 Å². The SMILES string of the molecule is CN(C)CCCCNC(=O)c1cc(Cl)ccc1Br. The van der Waals surface area contributed by atoms with Crippen LogP contribution in [0.3, 0.4) is 0 Å². The van der Waals surface area contributed by atoms with Crippen LogP contribution >= 0.6 is 27.5 Å². The molecule has 0 atom stereocenters. The van der Waals surface area contributed by atoms with Gasteiger partial charge in [0, 0.05) is 16.0 Å². The molecule has 0 heterocycles. The number of halogens is 2. The van der Waals surface area contributed by atoms with Crippen molar-refractivity contribution >= 4 is 33.4 Å². The van der Waals surface area contributed by atoms with Crippen molar-refractivity contribution in [1.29, 1.82) is 0 Å². The third-order valence-electron chi connectivity index (χ3n) is 2.49. The van der Waals surface area contributed by atoms with Gasteiger partial charge in [0.2, 0.25) is 0 Å². The molecule has 1 amide bonds. The van der Waals surface area contributed by atoms with E-state index >= 15 is 0 Å². The van der Waals surface area contributed by atoms with E-state index in [0.717, 1.165) is 23.9 Å². The zero-order valence-electron chi connectivity index (χ0n) is 10.7. The Labute approximate surface area is 122 Å². The standard InChI is InChI=1S/C13H18BrClN2O/c1-17(2)8-4-3-7-16-13(18)11-9-10(15)5-6-12(11)14/h5-6,9H,3-4,7-8H2,1-2H3,(H,16,18). The Hall–Kier alpha value is -0.580. The third-order valence-corrected chi connectivity index (χ3v) is 3.42. The van der Waals surface area contributed by atoms with Gasteiger partial charge in [0.1, 0.15) is 0 Å². The fourth-order valence-electron chi connectivity index (χ4n) is 1.52. The molecule has 1 rings (SSSR count). The molecule has 0 aromatic heterocycles. The lowest BCUT2D eigenvalue weighted by molar-refractivity contribution is 0.0952. The summed E-state index contributed by atoms with van der Waals surface area (Å²) in [5, 5.41) is 3.46. The number of hydrogen-bond donors (Lipinski definition) is 1. The Morgan fingerprint density at radius 3 is 2.78 bits per heavy atom. The number of nitrogens with zero attached hydrogens (tertiary/aromatic N) is 1. The highest BCUT2D eigenvalue weighted by Gasteiger charge is 2.09. The summed E-state index contributed by atoms with van der Waals surface area (Å²) >= 11 is 9.22. The van der Waals surface area contributed by atoms with Crippen LogP contribution < -0.4 is 5.32 Å². The molecule has 18 heavy (non-hydrogen) atoms. The number of hydrogen-bond acceptors (Lipinski definition) is 2. The van der Waals surface area contributed by atoms with Crippen LogP contribution in [0, 0.1) is 0 Å². The maximum atomic E-state index is 11.9. The number of amides is 1. The highest BCUT2D eigenvalue weighted by molar-refractivity contribution is 9.10. The Balaban J connectivity index is 2.39. The third kappa shape index (κ3) is 5.38. The Kier molecular flexibility index (Phi) is 6.68. The first-order valence-electron chi connectivity index (χ1n) is 5.88. The minimum absolute atomic E-state index is 0.0887. The molecule has 1 N–H and O–H groups in total. The average Bonchev–Trinajstić information content (AvgIpc) is 2.31. The molecular weight excluding hydrogens is 316 g/mol. The largest absolute Gasteiger partial charge is 0.352 e. The van der Waals surface area contributed by atoms with Crippen molar-refractivity contribution in [3.8, 4) is 0 Å². The zero-order chi connectivity index (χ0) is 13.5. The normalized spacial score (nSPS) is 10.7. The first kappa shape index (κ1) is 15.5. The van der Waals surface area contributed by atoms with Gasteiger partial charge >= 0.3 is 0 Å². The Bertz CT molecular complexity index is 410. The lowest BCUT2D eigenvalue weighted by atomic mass is 10.2. The molecule has 1 aromatic carbocycles. The van der Waals surface area contributed by atoms with Crippen LogP contribution in [0.1, 0.15) is 23.2 Å². The molecule has 1 aromatic rings. The summed E-state index contributed by atoms with van der Waals surface area (Å²) in [7, 11) is 4.09. The van der Waals surface area contributed by atoms with Gasteiger partial charge in [0.05, 0.1) is 5.56 Å². The second-order valence-electron chi connectivity index (χ2n) is 4.39. The average molecular weight is 334 g/mol. The number of carbonyl (C=O) groups is 1. The fraction of sp³-hybridized carbons (Fsp3) is 0.462. The molecule has 0 aliphatic rings. The number of benzene rings is 1. The smallest absolute Gasteiger partial charge is 0.252 e. The van der Waals surface area contributed by atoms with Gasteiger partial charge in [0.25, 0.3) is 5.91 Å². The molecule has 0 aliphatic carbocycles. The molecule has 3 nitrogen and oxygen atoms in total. The highest BCUT2D eigenvalue weighted by Crippen LogP contribution is 2.20. The molecule has 0 aliphatic heterocycles.